The van der Waals surface area contributed by atoms with E-state index in [0.717, 1.165) is 0 Å². The highest BCUT2D eigenvalue weighted by Crippen LogP contribution is 2.13. The summed E-state index contributed by atoms with van der Waals surface area (Å²) in [5.41, 5.74) is 0. The standard InChI is InChI=1S/C9H11BrN2O4/c10-7-2-1-6(16-7)3-11-4-8(13)12-5-9(14)15/h1-2,11H,3-5H2,(H,12,13)(H,14,15). The van der Waals surface area contributed by atoms with Gasteiger partial charge in [0.15, 0.2) is 4.67 Å². The van der Waals surface area contributed by atoms with Crippen molar-refractivity contribution in [2.45, 2.75) is 6.54 Å². The monoisotopic (exact) mass is 290 g/mol. The van der Waals surface area contributed by atoms with Crippen LogP contribution < -0.4 is 10.6 Å². The zero-order chi connectivity index (χ0) is 12.0. The average Bonchev–Trinajstić information content (AvgIpc) is 2.61. The molecule has 0 aliphatic carbocycles. The number of hydrogen-bond donors (Lipinski definition) is 3. The number of carboxylic acids is 1. The Labute approximate surface area is 100 Å². The molecule has 1 amide bonds. The molecule has 0 saturated heterocycles. The highest BCUT2D eigenvalue weighted by atomic mass is 79.9. The molecule has 1 heterocycles. The summed E-state index contributed by atoms with van der Waals surface area (Å²) in [6.45, 7) is 0.0878. The summed E-state index contributed by atoms with van der Waals surface area (Å²) in [5, 5.41) is 13.4. The molecule has 0 atom stereocenters. The molecule has 16 heavy (non-hydrogen) atoms. The smallest absolute Gasteiger partial charge is 0.322 e. The lowest BCUT2D eigenvalue weighted by Gasteiger charge is -2.03. The van der Waals surface area contributed by atoms with E-state index in [-0.39, 0.29) is 19.0 Å². The summed E-state index contributed by atoms with van der Waals surface area (Å²) in [6, 6.07) is 3.52. The van der Waals surface area contributed by atoms with Crippen molar-refractivity contribution in [3.05, 3.63) is 22.6 Å². The third-order valence-corrected chi connectivity index (χ3v) is 2.08. The number of nitrogens with one attached hydrogen (secondary N) is 2. The maximum Gasteiger partial charge on any atom is 0.322 e. The molecule has 0 saturated carbocycles. The van der Waals surface area contributed by atoms with E-state index in [2.05, 4.69) is 26.6 Å². The molecule has 0 spiro atoms. The van der Waals surface area contributed by atoms with Crippen molar-refractivity contribution in [1.29, 1.82) is 0 Å². The van der Waals surface area contributed by atoms with Crippen LogP contribution in [-0.2, 0) is 16.1 Å². The highest BCUT2D eigenvalue weighted by molar-refractivity contribution is 9.10. The number of halogens is 1. The molecule has 0 unspecified atom stereocenters. The van der Waals surface area contributed by atoms with E-state index in [9.17, 15) is 9.59 Å². The van der Waals surface area contributed by atoms with Gasteiger partial charge in [0, 0.05) is 0 Å². The summed E-state index contributed by atoms with van der Waals surface area (Å²) in [5.74, 6) is -0.741. The van der Waals surface area contributed by atoms with Gasteiger partial charge in [-0.15, -0.1) is 0 Å². The molecule has 7 heteroatoms. The lowest BCUT2D eigenvalue weighted by Crippen LogP contribution is -2.36. The third kappa shape index (κ3) is 4.94. The Bertz CT molecular complexity index is 377. The Morgan fingerprint density at radius 2 is 2.12 bits per heavy atom. The summed E-state index contributed by atoms with van der Waals surface area (Å²) < 4.78 is 5.82. The minimum Gasteiger partial charge on any atom is -0.480 e. The first kappa shape index (κ1) is 12.7. The number of hydrogen-bond acceptors (Lipinski definition) is 4. The van der Waals surface area contributed by atoms with Crippen molar-refractivity contribution in [3.8, 4) is 0 Å². The molecule has 0 aliphatic rings. The van der Waals surface area contributed by atoms with Gasteiger partial charge in [-0.05, 0) is 28.1 Å². The van der Waals surface area contributed by atoms with E-state index in [1.165, 1.54) is 0 Å². The maximum atomic E-state index is 11.1. The number of amides is 1. The van der Waals surface area contributed by atoms with Crippen LogP contribution in [0.3, 0.4) is 0 Å². The zero-order valence-corrected chi connectivity index (χ0v) is 9.91. The number of rotatable bonds is 6. The molecular weight excluding hydrogens is 280 g/mol. The van der Waals surface area contributed by atoms with Gasteiger partial charge in [-0.2, -0.15) is 0 Å². The summed E-state index contributed by atoms with van der Waals surface area (Å²) in [6.07, 6.45) is 0. The van der Waals surface area contributed by atoms with Gasteiger partial charge in [-0.25, -0.2) is 0 Å². The van der Waals surface area contributed by atoms with Crippen LogP contribution in [0.4, 0.5) is 0 Å². The lowest BCUT2D eigenvalue weighted by atomic mass is 10.4. The van der Waals surface area contributed by atoms with Gasteiger partial charge in [-0.3, -0.25) is 9.59 Å². The normalized spacial score (nSPS) is 10.1. The molecule has 0 fully saturated rings. The number of aliphatic carboxylic acids is 1. The Hall–Kier alpha value is -1.34. The van der Waals surface area contributed by atoms with Crippen LogP contribution in [0.2, 0.25) is 0 Å². The van der Waals surface area contributed by atoms with Gasteiger partial charge in [0.25, 0.3) is 0 Å². The molecule has 0 aliphatic heterocycles. The van der Waals surface area contributed by atoms with Gasteiger partial charge in [-0.1, -0.05) is 0 Å². The topological polar surface area (TPSA) is 91.6 Å². The van der Waals surface area contributed by atoms with Crippen LogP contribution in [0.25, 0.3) is 0 Å². The van der Waals surface area contributed by atoms with Crippen LogP contribution in [0, 0.1) is 0 Å². The van der Waals surface area contributed by atoms with Crippen molar-refractivity contribution >= 4 is 27.8 Å². The largest absolute Gasteiger partial charge is 0.480 e. The van der Waals surface area contributed by atoms with Crippen LogP contribution in [0.1, 0.15) is 5.76 Å². The first-order chi connectivity index (χ1) is 7.58. The number of carboxylic acid groups (broad SMARTS) is 1. The van der Waals surface area contributed by atoms with Gasteiger partial charge in [0.1, 0.15) is 12.3 Å². The van der Waals surface area contributed by atoms with Gasteiger partial charge in [0.05, 0.1) is 13.1 Å². The van der Waals surface area contributed by atoms with Crippen molar-refractivity contribution in [3.63, 3.8) is 0 Å². The first-order valence-corrected chi connectivity index (χ1v) is 5.30. The molecule has 6 nitrogen and oxygen atoms in total. The molecule has 1 aromatic rings. The SMILES string of the molecule is O=C(O)CNC(=O)CNCc1ccc(Br)o1. The molecular formula is C9H11BrN2O4. The summed E-state index contributed by atoms with van der Waals surface area (Å²) >= 11 is 3.15. The van der Waals surface area contributed by atoms with Gasteiger partial charge < -0.3 is 20.2 Å². The fraction of sp³-hybridized carbons (Fsp3) is 0.333. The molecule has 0 radical (unpaired) electrons. The molecule has 0 bridgehead atoms. The quantitative estimate of drug-likeness (QED) is 0.702. The van der Waals surface area contributed by atoms with Crippen LogP contribution in [-0.4, -0.2) is 30.1 Å². The Balaban J connectivity index is 2.15. The Morgan fingerprint density at radius 1 is 1.38 bits per heavy atom. The predicted molar refractivity (Wildman–Crippen MR) is 58.8 cm³/mol. The zero-order valence-electron chi connectivity index (χ0n) is 8.33. The third-order valence-electron chi connectivity index (χ3n) is 1.65. The summed E-state index contributed by atoms with van der Waals surface area (Å²) in [7, 11) is 0. The Morgan fingerprint density at radius 3 is 2.69 bits per heavy atom. The van der Waals surface area contributed by atoms with Gasteiger partial charge >= 0.3 is 5.97 Å². The summed E-state index contributed by atoms with van der Waals surface area (Å²) in [4.78, 5) is 21.2. The van der Waals surface area contributed by atoms with E-state index in [1.807, 2.05) is 0 Å². The second-order valence-electron chi connectivity index (χ2n) is 2.98. The van der Waals surface area contributed by atoms with Crippen LogP contribution in [0.15, 0.2) is 21.2 Å². The van der Waals surface area contributed by atoms with Crippen LogP contribution in [0.5, 0.6) is 0 Å². The molecule has 0 aromatic carbocycles. The van der Waals surface area contributed by atoms with E-state index >= 15 is 0 Å². The second-order valence-corrected chi connectivity index (χ2v) is 3.76. The maximum absolute atomic E-state index is 11.1. The van der Waals surface area contributed by atoms with E-state index in [0.29, 0.717) is 17.0 Å². The molecule has 1 rings (SSSR count). The highest BCUT2D eigenvalue weighted by Gasteiger charge is 2.04. The number of furan rings is 1. The minimum absolute atomic E-state index is 0.0472. The molecule has 1 aromatic heterocycles. The first-order valence-electron chi connectivity index (χ1n) is 4.51. The molecule has 3 N–H and O–H groups in total. The fourth-order valence-corrected chi connectivity index (χ4v) is 1.32. The van der Waals surface area contributed by atoms with Crippen molar-refractivity contribution in [2.24, 2.45) is 0 Å². The van der Waals surface area contributed by atoms with E-state index < -0.39 is 5.97 Å². The lowest BCUT2D eigenvalue weighted by molar-refractivity contribution is -0.137. The van der Waals surface area contributed by atoms with Crippen molar-refractivity contribution < 1.29 is 19.1 Å². The minimum atomic E-state index is -1.07. The average molecular weight is 291 g/mol. The van der Waals surface area contributed by atoms with Crippen molar-refractivity contribution in [2.75, 3.05) is 13.1 Å². The van der Waals surface area contributed by atoms with E-state index in [4.69, 9.17) is 9.52 Å². The number of carbonyl (C=O) groups excluding carboxylic acids is 1. The predicted octanol–water partition coefficient (Wildman–Crippen LogP) is 0.333. The van der Waals surface area contributed by atoms with Crippen molar-refractivity contribution in [1.82, 2.24) is 10.6 Å². The Kier molecular flexibility index (Phi) is 5.00. The molecule has 88 valence electrons. The van der Waals surface area contributed by atoms with Gasteiger partial charge in [0.2, 0.25) is 5.91 Å². The van der Waals surface area contributed by atoms with Crippen LogP contribution >= 0.6 is 15.9 Å². The fourth-order valence-electron chi connectivity index (χ4n) is 0.983. The second kappa shape index (κ2) is 6.29. The van der Waals surface area contributed by atoms with E-state index in [1.54, 1.807) is 12.1 Å². The number of carbonyl (C=O) groups is 2.